The first-order valence-electron chi connectivity index (χ1n) is 8.01. The van der Waals surface area contributed by atoms with Crippen LogP contribution in [0.25, 0.3) is 0 Å². The summed E-state index contributed by atoms with van der Waals surface area (Å²) in [4.78, 5) is 0. The molecule has 4 rings (SSSR count). The van der Waals surface area contributed by atoms with Gasteiger partial charge < -0.3 is 18.6 Å². The van der Waals surface area contributed by atoms with Gasteiger partial charge in [-0.15, -0.1) is 10.2 Å². The summed E-state index contributed by atoms with van der Waals surface area (Å²) in [5.74, 6) is 3.10. The summed E-state index contributed by atoms with van der Waals surface area (Å²) >= 11 is 7.46. The number of aromatic nitrogens is 2. The standard InChI is InChI=1S/C18H15ClN2O4S/c19-12-5-1-2-6-13(12)22-9-10-26-18-21-20-17(25-18)16-11-23-14-7-3-4-8-15(14)24-16/h1-8,16H,9-11H2. The lowest BCUT2D eigenvalue weighted by Crippen LogP contribution is -2.21. The minimum Gasteiger partial charge on any atom is -0.491 e. The number of hydrogen-bond donors (Lipinski definition) is 0. The van der Waals surface area contributed by atoms with Crippen molar-refractivity contribution in [1.82, 2.24) is 10.2 Å². The van der Waals surface area contributed by atoms with Crippen LogP contribution in [0.3, 0.4) is 0 Å². The normalized spacial score (nSPS) is 15.7. The predicted octanol–water partition coefficient (Wildman–Crippen LogP) is 4.41. The van der Waals surface area contributed by atoms with Gasteiger partial charge in [0.05, 0.1) is 11.6 Å². The summed E-state index contributed by atoms with van der Waals surface area (Å²) < 4.78 is 22.8. The van der Waals surface area contributed by atoms with Crippen molar-refractivity contribution in [3.8, 4) is 17.2 Å². The lowest BCUT2D eigenvalue weighted by Gasteiger charge is -2.23. The van der Waals surface area contributed by atoms with Crippen LogP contribution in [0.5, 0.6) is 17.2 Å². The molecule has 0 saturated carbocycles. The number of para-hydroxylation sites is 3. The Morgan fingerprint density at radius 3 is 2.77 bits per heavy atom. The minimum absolute atomic E-state index is 0.332. The Labute approximate surface area is 159 Å². The molecule has 1 aliphatic rings. The van der Waals surface area contributed by atoms with E-state index in [9.17, 15) is 0 Å². The van der Waals surface area contributed by atoms with Crippen LogP contribution < -0.4 is 14.2 Å². The highest BCUT2D eigenvalue weighted by molar-refractivity contribution is 7.99. The molecule has 0 N–H and O–H groups in total. The molecular formula is C18H15ClN2O4S. The largest absolute Gasteiger partial charge is 0.491 e. The highest BCUT2D eigenvalue weighted by atomic mass is 35.5. The van der Waals surface area contributed by atoms with E-state index in [0.717, 1.165) is 5.75 Å². The Balaban J connectivity index is 1.29. The van der Waals surface area contributed by atoms with Crippen LogP contribution in [0, 0.1) is 0 Å². The molecule has 6 nitrogen and oxygen atoms in total. The van der Waals surface area contributed by atoms with Crippen molar-refractivity contribution in [3.05, 3.63) is 59.4 Å². The van der Waals surface area contributed by atoms with Gasteiger partial charge in [0.2, 0.25) is 6.10 Å². The first-order chi connectivity index (χ1) is 12.8. The molecule has 26 heavy (non-hydrogen) atoms. The quantitative estimate of drug-likeness (QED) is 0.456. The van der Waals surface area contributed by atoms with E-state index in [1.807, 2.05) is 42.5 Å². The number of thioether (sulfide) groups is 1. The van der Waals surface area contributed by atoms with Crippen LogP contribution in [0.1, 0.15) is 12.0 Å². The van der Waals surface area contributed by atoms with E-state index in [1.54, 1.807) is 6.07 Å². The van der Waals surface area contributed by atoms with Gasteiger partial charge in [-0.05, 0) is 24.3 Å². The van der Waals surface area contributed by atoms with Crippen LogP contribution in [0.2, 0.25) is 5.02 Å². The topological polar surface area (TPSA) is 66.6 Å². The molecule has 0 bridgehead atoms. The number of nitrogens with zero attached hydrogens (tertiary/aromatic N) is 2. The summed E-state index contributed by atoms with van der Waals surface area (Å²) in [6.07, 6.45) is -0.411. The average Bonchev–Trinajstić information content (AvgIpc) is 3.15. The molecule has 0 radical (unpaired) electrons. The summed E-state index contributed by atoms with van der Waals surface area (Å²) in [7, 11) is 0. The van der Waals surface area contributed by atoms with Crippen LogP contribution >= 0.6 is 23.4 Å². The van der Waals surface area contributed by atoms with Crippen molar-refractivity contribution in [2.24, 2.45) is 0 Å². The molecule has 0 aliphatic carbocycles. The molecule has 1 aliphatic heterocycles. The van der Waals surface area contributed by atoms with Crippen LogP contribution in [0.4, 0.5) is 0 Å². The van der Waals surface area contributed by atoms with E-state index >= 15 is 0 Å². The molecule has 2 aromatic carbocycles. The van der Waals surface area contributed by atoms with Crippen molar-refractivity contribution < 1.29 is 18.6 Å². The maximum absolute atomic E-state index is 6.05. The first kappa shape index (κ1) is 17.1. The Morgan fingerprint density at radius 2 is 1.88 bits per heavy atom. The highest BCUT2D eigenvalue weighted by Crippen LogP contribution is 2.36. The fraction of sp³-hybridized carbons (Fsp3) is 0.222. The number of ether oxygens (including phenoxy) is 3. The second-order valence-corrected chi connectivity index (χ2v) is 6.85. The molecule has 0 fully saturated rings. The van der Waals surface area contributed by atoms with Gasteiger partial charge in [-0.1, -0.05) is 47.6 Å². The van der Waals surface area contributed by atoms with Gasteiger partial charge in [0, 0.05) is 5.75 Å². The Morgan fingerprint density at radius 1 is 1.08 bits per heavy atom. The number of rotatable bonds is 6. The molecule has 8 heteroatoms. The molecule has 2 heterocycles. The van der Waals surface area contributed by atoms with Gasteiger partial charge in [0.15, 0.2) is 11.5 Å². The molecule has 1 atom stereocenters. The van der Waals surface area contributed by atoms with E-state index in [2.05, 4.69) is 10.2 Å². The van der Waals surface area contributed by atoms with Gasteiger partial charge >= 0.3 is 0 Å². The predicted molar refractivity (Wildman–Crippen MR) is 97.3 cm³/mol. The SMILES string of the molecule is Clc1ccccc1OCCSc1nnc(C2COc3ccccc3O2)o1. The highest BCUT2D eigenvalue weighted by Gasteiger charge is 2.27. The third-order valence-corrected chi connectivity index (χ3v) is 4.70. The van der Waals surface area contributed by atoms with Crippen molar-refractivity contribution in [2.45, 2.75) is 11.3 Å². The Hall–Kier alpha value is -2.38. The summed E-state index contributed by atoms with van der Waals surface area (Å²) in [6, 6.07) is 14.9. The second kappa shape index (κ2) is 7.88. The van der Waals surface area contributed by atoms with Gasteiger partial charge in [0.25, 0.3) is 11.1 Å². The van der Waals surface area contributed by atoms with E-state index in [1.165, 1.54) is 11.8 Å². The molecule has 0 saturated heterocycles. The third kappa shape index (κ3) is 3.89. The van der Waals surface area contributed by atoms with Crippen molar-refractivity contribution in [1.29, 1.82) is 0 Å². The van der Waals surface area contributed by atoms with E-state index in [0.29, 0.717) is 46.6 Å². The zero-order valence-corrected chi connectivity index (χ0v) is 15.2. The fourth-order valence-corrected chi connectivity index (χ4v) is 3.17. The monoisotopic (exact) mass is 390 g/mol. The molecule has 0 amide bonds. The van der Waals surface area contributed by atoms with Crippen molar-refractivity contribution in [2.75, 3.05) is 19.0 Å². The molecule has 0 spiro atoms. The molecule has 3 aromatic rings. The summed E-state index contributed by atoms with van der Waals surface area (Å²) in [5.41, 5.74) is 0. The molecular weight excluding hydrogens is 376 g/mol. The van der Waals surface area contributed by atoms with Gasteiger partial charge in [0.1, 0.15) is 12.4 Å². The lowest BCUT2D eigenvalue weighted by molar-refractivity contribution is 0.0686. The van der Waals surface area contributed by atoms with E-state index < -0.39 is 6.10 Å². The number of benzene rings is 2. The van der Waals surface area contributed by atoms with Crippen LogP contribution in [-0.2, 0) is 0 Å². The zero-order valence-electron chi connectivity index (χ0n) is 13.6. The summed E-state index contributed by atoms with van der Waals surface area (Å²) in [5, 5.41) is 9.15. The lowest BCUT2D eigenvalue weighted by atomic mass is 10.2. The number of fused-ring (bicyclic) bond motifs is 1. The number of halogens is 1. The average molecular weight is 391 g/mol. The summed E-state index contributed by atoms with van der Waals surface area (Å²) in [6.45, 7) is 0.807. The molecule has 1 unspecified atom stereocenters. The van der Waals surface area contributed by atoms with Gasteiger partial charge in [-0.25, -0.2) is 0 Å². The Bertz CT molecular complexity index is 889. The van der Waals surface area contributed by atoms with Gasteiger partial charge in [-0.3, -0.25) is 0 Å². The first-order valence-corrected chi connectivity index (χ1v) is 9.38. The fourth-order valence-electron chi connectivity index (χ4n) is 2.39. The van der Waals surface area contributed by atoms with Gasteiger partial charge in [-0.2, -0.15) is 0 Å². The van der Waals surface area contributed by atoms with Crippen LogP contribution in [-0.4, -0.2) is 29.2 Å². The maximum Gasteiger partial charge on any atom is 0.276 e. The maximum atomic E-state index is 6.05. The number of hydrogen-bond acceptors (Lipinski definition) is 7. The Kier molecular flexibility index (Phi) is 5.17. The molecule has 1 aromatic heterocycles. The van der Waals surface area contributed by atoms with Crippen LogP contribution in [0.15, 0.2) is 58.2 Å². The molecule has 134 valence electrons. The third-order valence-electron chi connectivity index (χ3n) is 3.61. The van der Waals surface area contributed by atoms with Crippen molar-refractivity contribution in [3.63, 3.8) is 0 Å². The smallest absolute Gasteiger partial charge is 0.276 e. The van der Waals surface area contributed by atoms with E-state index in [4.69, 9.17) is 30.2 Å². The zero-order chi connectivity index (χ0) is 17.8. The van der Waals surface area contributed by atoms with E-state index in [-0.39, 0.29) is 0 Å². The second-order valence-electron chi connectivity index (χ2n) is 5.40. The van der Waals surface area contributed by atoms with Crippen molar-refractivity contribution >= 4 is 23.4 Å². The minimum atomic E-state index is -0.411.